The Hall–Kier alpha value is -3.19. The lowest BCUT2D eigenvalue weighted by atomic mass is 9.76. The maximum Gasteiger partial charge on any atom is 0.250 e. The summed E-state index contributed by atoms with van der Waals surface area (Å²) in [6, 6.07) is 14.4. The molecule has 0 aromatic heterocycles. The number of rotatable bonds is 4. The van der Waals surface area contributed by atoms with Crippen molar-refractivity contribution in [2.75, 3.05) is 12.4 Å². The van der Waals surface area contributed by atoms with Crippen LogP contribution >= 0.6 is 0 Å². The van der Waals surface area contributed by atoms with E-state index in [0.29, 0.717) is 11.4 Å². The minimum atomic E-state index is -1.22. The zero-order chi connectivity index (χ0) is 21.9. The lowest BCUT2D eigenvalue weighted by Gasteiger charge is -2.30. The number of methoxy groups -OCH3 is 1. The molecule has 0 aliphatic carbocycles. The molecule has 3 heterocycles. The minimum absolute atomic E-state index is 0.0742. The van der Waals surface area contributed by atoms with Crippen molar-refractivity contribution in [3.8, 4) is 5.75 Å². The van der Waals surface area contributed by atoms with Gasteiger partial charge in [-0.1, -0.05) is 44.2 Å². The quantitative estimate of drug-likeness (QED) is 0.743. The van der Waals surface area contributed by atoms with Crippen molar-refractivity contribution in [2.45, 2.75) is 32.0 Å². The highest BCUT2D eigenvalue weighted by Gasteiger charge is 2.70. The van der Waals surface area contributed by atoms with E-state index >= 15 is 0 Å². The van der Waals surface area contributed by atoms with Crippen LogP contribution < -0.4 is 15.4 Å². The van der Waals surface area contributed by atoms with Gasteiger partial charge in [-0.2, -0.15) is 0 Å². The molecule has 2 fully saturated rings. The van der Waals surface area contributed by atoms with Crippen LogP contribution in [0, 0.1) is 17.8 Å². The zero-order valence-corrected chi connectivity index (χ0v) is 17.7. The fourth-order valence-electron chi connectivity index (χ4n) is 5.39. The van der Waals surface area contributed by atoms with Gasteiger partial charge in [-0.25, -0.2) is 0 Å². The maximum atomic E-state index is 13.7. The topological polar surface area (TPSA) is 87.7 Å². The zero-order valence-electron chi connectivity index (χ0n) is 17.7. The molecule has 3 aliphatic heterocycles. The van der Waals surface area contributed by atoms with Crippen LogP contribution in [0.1, 0.15) is 25.0 Å². The van der Waals surface area contributed by atoms with Crippen molar-refractivity contribution >= 4 is 23.4 Å². The van der Waals surface area contributed by atoms with Gasteiger partial charge in [0, 0.05) is 17.3 Å². The van der Waals surface area contributed by atoms with Gasteiger partial charge < -0.3 is 10.1 Å². The second kappa shape index (κ2) is 6.92. The molecule has 2 aromatic rings. The number of fused-ring (bicyclic) bond motifs is 4. The van der Waals surface area contributed by atoms with Gasteiger partial charge in [0.1, 0.15) is 11.3 Å². The molecular weight excluding hydrogens is 394 g/mol. The van der Waals surface area contributed by atoms with Crippen LogP contribution in [0.25, 0.3) is 0 Å². The molecule has 0 radical (unpaired) electrons. The summed E-state index contributed by atoms with van der Waals surface area (Å²) in [5.74, 6) is -1.34. The highest BCUT2D eigenvalue weighted by Crippen LogP contribution is 2.54. The third-order valence-corrected chi connectivity index (χ3v) is 6.87. The van der Waals surface area contributed by atoms with E-state index in [9.17, 15) is 14.4 Å². The highest BCUT2D eigenvalue weighted by molar-refractivity contribution is 6.15. The van der Waals surface area contributed by atoms with E-state index in [0.717, 1.165) is 11.1 Å². The Morgan fingerprint density at radius 2 is 1.74 bits per heavy atom. The number of ether oxygens (including phenoxy) is 1. The van der Waals surface area contributed by atoms with Crippen molar-refractivity contribution in [2.24, 2.45) is 17.8 Å². The molecule has 31 heavy (non-hydrogen) atoms. The van der Waals surface area contributed by atoms with Crippen LogP contribution in [0.5, 0.6) is 5.75 Å². The molecule has 3 amide bonds. The van der Waals surface area contributed by atoms with Crippen molar-refractivity contribution in [1.29, 1.82) is 0 Å². The predicted octanol–water partition coefficient (Wildman–Crippen LogP) is 2.27. The lowest BCUT2D eigenvalue weighted by Crippen LogP contribution is -2.53. The number of amides is 3. The molecule has 4 atom stereocenters. The van der Waals surface area contributed by atoms with E-state index in [2.05, 4.69) is 10.6 Å². The van der Waals surface area contributed by atoms with Gasteiger partial charge in [-0.15, -0.1) is 0 Å². The van der Waals surface area contributed by atoms with Gasteiger partial charge in [0.2, 0.25) is 17.7 Å². The largest absolute Gasteiger partial charge is 0.497 e. The normalized spacial score (nSPS) is 29.0. The van der Waals surface area contributed by atoms with E-state index in [4.69, 9.17) is 4.74 Å². The molecule has 2 aromatic carbocycles. The third-order valence-electron chi connectivity index (χ3n) is 6.87. The molecule has 3 aliphatic rings. The molecule has 5 rings (SSSR count). The molecular formula is C24H25N3O4. The Bertz CT molecular complexity index is 1080. The van der Waals surface area contributed by atoms with Crippen LogP contribution in [0.15, 0.2) is 48.5 Å². The summed E-state index contributed by atoms with van der Waals surface area (Å²) in [5, 5.41) is 6.35. The van der Waals surface area contributed by atoms with Gasteiger partial charge in [0.05, 0.1) is 25.5 Å². The number of nitrogens with one attached hydrogen (secondary N) is 2. The Balaban J connectivity index is 1.56. The van der Waals surface area contributed by atoms with Gasteiger partial charge in [0.25, 0.3) is 0 Å². The first-order chi connectivity index (χ1) is 14.9. The standard InChI is InChI=1S/C24H25N3O4/c1-13(2)20-18-19(24(26-20)16-6-4-5-7-17(16)25-23(24)30)22(29)27(21(18)28)12-14-8-10-15(31-3)11-9-14/h4-11,13,18-20,26H,12H2,1-3H3,(H,25,30)/t18-,19+,20+,24+/m1/s1. The Labute approximate surface area is 180 Å². The summed E-state index contributed by atoms with van der Waals surface area (Å²) < 4.78 is 5.19. The Morgan fingerprint density at radius 1 is 1.03 bits per heavy atom. The van der Waals surface area contributed by atoms with E-state index < -0.39 is 17.4 Å². The second-order valence-corrected chi connectivity index (χ2v) is 8.84. The molecule has 2 N–H and O–H groups in total. The van der Waals surface area contributed by atoms with Crippen LogP contribution in [-0.2, 0) is 26.5 Å². The van der Waals surface area contributed by atoms with E-state index in [-0.39, 0.29) is 36.2 Å². The second-order valence-electron chi connectivity index (χ2n) is 8.84. The number of imide groups is 1. The first-order valence-electron chi connectivity index (χ1n) is 10.5. The molecule has 7 heteroatoms. The lowest BCUT2D eigenvalue weighted by molar-refractivity contribution is -0.143. The Kier molecular flexibility index (Phi) is 4.41. The predicted molar refractivity (Wildman–Crippen MR) is 114 cm³/mol. The number of nitrogens with zero attached hydrogens (tertiary/aromatic N) is 1. The van der Waals surface area contributed by atoms with E-state index in [1.165, 1.54) is 4.90 Å². The van der Waals surface area contributed by atoms with Crippen molar-refractivity contribution < 1.29 is 19.1 Å². The van der Waals surface area contributed by atoms with Crippen LogP contribution in [-0.4, -0.2) is 35.8 Å². The van der Waals surface area contributed by atoms with Crippen molar-refractivity contribution in [3.05, 3.63) is 59.7 Å². The number of hydrogen-bond acceptors (Lipinski definition) is 5. The number of carbonyl (C=O) groups excluding carboxylic acids is 3. The van der Waals surface area contributed by atoms with Crippen molar-refractivity contribution in [3.63, 3.8) is 0 Å². The fraction of sp³-hybridized carbons (Fsp3) is 0.375. The molecule has 0 unspecified atom stereocenters. The smallest absolute Gasteiger partial charge is 0.250 e. The maximum absolute atomic E-state index is 13.7. The monoisotopic (exact) mass is 419 g/mol. The average Bonchev–Trinajstić information content (AvgIpc) is 3.35. The third kappa shape index (κ3) is 2.66. The van der Waals surface area contributed by atoms with E-state index in [1.54, 1.807) is 7.11 Å². The molecule has 7 nitrogen and oxygen atoms in total. The van der Waals surface area contributed by atoms with Crippen LogP contribution in [0.2, 0.25) is 0 Å². The summed E-state index contributed by atoms with van der Waals surface area (Å²) in [5.41, 5.74) is 1.04. The SMILES string of the molecule is COc1ccc(CN2C(=O)[C@@H]3[C@@H](C2=O)[C@]2(N[C@H]3C(C)C)C(=O)Nc3ccccc32)cc1. The summed E-state index contributed by atoms with van der Waals surface area (Å²) in [4.78, 5) is 41.8. The molecule has 0 saturated carbocycles. The van der Waals surface area contributed by atoms with Gasteiger partial charge in [0.15, 0.2) is 0 Å². The summed E-state index contributed by atoms with van der Waals surface area (Å²) >= 11 is 0. The first-order valence-corrected chi connectivity index (χ1v) is 10.5. The van der Waals surface area contributed by atoms with Gasteiger partial charge in [-0.3, -0.25) is 24.6 Å². The summed E-state index contributed by atoms with van der Waals surface area (Å²) in [6.07, 6.45) is 0. The summed E-state index contributed by atoms with van der Waals surface area (Å²) in [6.45, 7) is 4.20. The molecule has 2 saturated heterocycles. The minimum Gasteiger partial charge on any atom is -0.497 e. The van der Waals surface area contributed by atoms with Crippen LogP contribution in [0.4, 0.5) is 5.69 Å². The molecule has 160 valence electrons. The molecule has 0 bridgehead atoms. The number of hydrogen-bond donors (Lipinski definition) is 2. The highest BCUT2D eigenvalue weighted by atomic mass is 16.5. The molecule has 1 spiro atoms. The van der Waals surface area contributed by atoms with Crippen molar-refractivity contribution in [1.82, 2.24) is 10.2 Å². The number of carbonyl (C=O) groups is 3. The van der Waals surface area contributed by atoms with E-state index in [1.807, 2.05) is 62.4 Å². The number of anilines is 1. The van der Waals surface area contributed by atoms with Gasteiger partial charge in [-0.05, 0) is 29.7 Å². The van der Waals surface area contributed by atoms with Crippen LogP contribution in [0.3, 0.4) is 0 Å². The first kappa shape index (κ1) is 19.8. The summed E-state index contributed by atoms with van der Waals surface area (Å²) in [7, 11) is 1.59. The van der Waals surface area contributed by atoms with Gasteiger partial charge >= 0.3 is 0 Å². The number of likely N-dealkylation sites (tertiary alicyclic amines) is 1. The fourth-order valence-corrected chi connectivity index (χ4v) is 5.39. The number of para-hydroxylation sites is 1. The Morgan fingerprint density at radius 3 is 2.42 bits per heavy atom. The number of benzene rings is 2. The average molecular weight is 419 g/mol.